The van der Waals surface area contributed by atoms with Gasteiger partial charge in [-0.1, -0.05) is 43.5 Å². The molecule has 1 atom stereocenters. The molecule has 2 amide bonds. The first-order valence-corrected chi connectivity index (χ1v) is 8.52. The van der Waals surface area contributed by atoms with Gasteiger partial charge in [0.05, 0.1) is 12.6 Å². The van der Waals surface area contributed by atoms with Gasteiger partial charge in [-0.05, 0) is 36.3 Å². The lowest BCUT2D eigenvalue weighted by Crippen LogP contribution is -2.43. The van der Waals surface area contributed by atoms with E-state index in [0.29, 0.717) is 6.54 Å². The summed E-state index contributed by atoms with van der Waals surface area (Å²) in [4.78, 5) is 14.3. The number of aliphatic hydroxyl groups is 1. The van der Waals surface area contributed by atoms with Crippen LogP contribution in [0.15, 0.2) is 24.3 Å². The molecule has 0 bridgehead atoms. The van der Waals surface area contributed by atoms with Gasteiger partial charge in [-0.3, -0.25) is 0 Å². The Kier molecular flexibility index (Phi) is 4.98. The lowest BCUT2D eigenvalue weighted by Gasteiger charge is -2.30. The molecule has 0 saturated heterocycles. The highest BCUT2D eigenvalue weighted by Crippen LogP contribution is 2.35. The number of hydrogen-bond acceptors (Lipinski definition) is 2. The quantitative estimate of drug-likeness (QED) is 0.849. The van der Waals surface area contributed by atoms with Crippen molar-refractivity contribution in [1.82, 2.24) is 10.2 Å². The van der Waals surface area contributed by atoms with Crippen molar-refractivity contribution in [3.63, 3.8) is 0 Å². The summed E-state index contributed by atoms with van der Waals surface area (Å²) in [6.07, 6.45) is 7.01. The highest BCUT2D eigenvalue weighted by Gasteiger charge is 2.30. The average molecular weight is 302 g/mol. The number of urea groups is 1. The maximum atomic E-state index is 12.5. The van der Waals surface area contributed by atoms with Crippen LogP contribution in [0.4, 0.5) is 4.79 Å². The van der Waals surface area contributed by atoms with E-state index in [4.69, 9.17) is 0 Å². The molecule has 4 heteroatoms. The predicted molar refractivity (Wildman–Crippen MR) is 86.7 cm³/mol. The number of aliphatic hydroxyl groups excluding tert-OH is 1. The first-order valence-electron chi connectivity index (χ1n) is 8.52. The van der Waals surface area contributed by atoms with Crippen molar-refractivity contribution in [2.24, 2.45) is 5.92 Å². The molecule has 2 N–H and O–H groups in total. The Bertz CT molecular complexity index is 514. The van der Waals surface area contributed by atoms with Crippen LogP contribution in [0.5, 0.6) is 0 Å². The van der Waals surface area contributed by atoms with Crippen LogP contribution >= 0.6 is 0 Å². The molecule has 1 unspecified atom stereocenters. The van der Waals surface area contributed by atoms with E-state index in [-0.39, 0.29) is 18.7 Å². The zero-order valence-corrected chi connectivity index (χ0v) is 13.1. The summed E-state index contributed by atoms with van der Waals surface area (Å²) < 4.78 is 0. The van der Waals surface area contributed by atoms with Gasteiger partial charge in [-0.25, -0.2) is 4.79 Å². The minimum absolute atomic E-state index is 0.00864. The molecule has 1 aromatic carbocycles. The molecule has 2 aliphatic carbocycles. The highest BCUT2D eigenvalue weighted by atomic mass is 16.3. The van der Waals surface area contributed by atoms with Crippen molar-refractivity contribution in [2.45, 2.75) is 44.6 Å². The number of fused-ring (bicyclic) bond motifs is 1. The highest BCUT2D eigenvalue weighted by molar-refractivity contribution is 5.75. The van der Waals surface area contributed by atoms with Crippen LogP contribution in [0.3, 0.4) is 0 Å². The van der Waals surface area contributed by atoms with Crippen LogP contribution in [0.1, 0.15) is 49.3 Å². The first kappa shape index (κ1) is 15.3. The van der Waals surface area contributed by atoms with Gasteiger partial charge in [0.15, 0.2) is 0 Å². The molecule has 2 aliphatic rings. The largest absolute Gasteiger partial charge is 0.395 e. The van der Waals surface area contributed by atoms with Crippen LogP contribution in [-0.4, -0.2) is 35.7 Å². The van der Waals surface area contributed by atoms with E-state index >= 15 is 0 Å². The fourth-order valence-corrected chi connectivity index (χ4v) is 3.63. The second kappa shape index (κ2) is 7.14. The second-order valence-corrected chi connectivity index (χ2v) is 6.49. The molecule has 22 heavy (non-hydrogen) atoms. The van der Waals surface area contributed by atoms with E-state index in [1.165, 1.54) is 30.4 Å². The summed E-state index contributed by atoms with van der Waals surface area (Å²) in [7, 11) is 0. The molecule has 0 spiro atoms. The van der Waals surface area contributed by atoms with Gasteiger partial charge in [0, 0.05) is 13.1 Å². The molecule has 0 aromatic heterocycles. The fraction of sp³-hybridized carbons (Fsp3) is 0.611. The number of rotatable bonds is 6. The topological polar surface area (TPSA) is 52.6 Å². The smallest absolute Gasteiger partial charge is 0.317 e. The number of carbonyl (C=O) groups is 1. The third kappa shape index (κ3) is 3.27. The van der Waals surface area contributed by atoms with Crippen molar-refractivity contribution in [2.75, 3.05) is 19.7 Å². The molecule has 0 heterocycles. The van der Waals surface area contributed by atoms with E-state index in [0.717, 1.165) is 31.7 Å². The number of benzene rings is 1. The average Bonchev–Trinajstić information content (AvgIpc) is 2.91. The summed E-state index contributed by atoms with van der Waals surface area (Å²) >= 11 is 0. The van der Waals surface area contributed by atoms with Crippen molar-refractivity contribution in [3.05, 3.63) is 35.4 Å². The summed E-state index contributed by atoms with van der Waals surface area (Å²) in [5, 5.41) is 12.4. The fourth-order valence-electron chi connectivity index (χ4n) is 3.63. The molecule has 0 radical (unpaired) electrons. The third-order valence-corrected chi connectivity index (χ3v) is 5.13. The van der Waals surface area contributed by atoms with Crippen molar-refractivity contribution in [1.29, 1.82) is 0 Å². The second-order valence-electron chi connectivity index (χ2n) is 6.49. The predicted octanol–water partition coefficient (Wildman–Crippen LogP) is 2.87. The van der Waals surface area contributed by atoms with E-state index < -0.39 is 0 Å². The van der Waals surface area contributed by atoms with Gasteiger partial charge in [-0.2, -0.15) is 0 Å². The minimum atomic E-state index is -0.0323. The van der Waals surface area contributed by atoms with Crippen molar-refractivity contribution >= 4 is 6.03 Å². The Labute approximate surface area is 132 Å². The molecular formula is C18H26N2O2. The maximum absolute atomic E-state index is 12.5. The summed E-state index contributed by atoms with van der Waals surface area (Å²) in [5.74, 6) is 0.804. The Morgan fingerprint density at radius 2 is 2.09 bits per heavy atom. The van der Waals surface area contributed by atoms with Gasteiger partial charge in [0.25, 0.3) is 0 Å². The number of nitrogens with one attached hydrogen (secondary N) is 1. The molecule has 3 rings (SSSR count). The van der Waals surface area contributed by atoms with Crippen LogP contribution in [0.2, 0.25) is 0 Å². The summed E-state index contributed by atoms with van der Waals surface area (Å²) in [6, 6.07) is 8.40. The van der Waals surface area contributed by atoms with E-state index in [1.807, 2.05) is 11.0 Å². The van der Waals surface area contributed by atoms with Crippen LogP contribution in [-0.2, 0) is 6.42 Å². The number of amides is 2. The van der Waals surface area contributed by atoms with Crippen LogP contribution < -0.4 is 5.32 Å². The molecule has 1 fully saturated rings. The zero-order chi connectivity index (χ0) is 15.4. The van der Waals surface area contributed by atoms with Crippen LogP contribution in [0, 0.1) is 5.92 Å². The molecule has 1 saturated carbocycles. The lowest BCUT2D eigenvalue weighted by molar-refractivity contribution is 0.150. The van der Waals surface area contributed by atoms with E-state index in [2.05, 4.69) is 23.5 Å². The first-order chi connectivity index (χ1) is 10.8. The lowest BCUT2D eigenvalue weighted by atomic mass is 9.83. The Balaban J connectivity index is 1.60. The van der Waals surface area contributed by atoms with Gasteiger partial charge >= 0.3 is 6.03 Å². The molecule has 4 nitrogen and oxygen atoms in total. The van der Waals surface area contributed by atoms with Crippen molar-refractivity contribution in [3.8, 4) is 0 Å². The van der Waals surface area contributed by atoms with Gasteiger partial charge < -0.3 is 15.3 Å². The standard InChI is InChI=1S/C18H26N2O2/c21-13-12-20(18(22)19-11-10-14-4-3-5-14)17-9-8-15-6-1-2-7-16(15)17/h1-2,6-7,14,17,21H,3-5,8-13H2,(H,19,22). The van der Waals surface area contributed by atoms with Gasteiger partial charge in [0.2, 0.25) is 0 Å². The van der Waals surface area contributed by atoms with Crippen molar-refractivity contribution < 1.29 is 9.90 Å². The molecular weight excluding hydrogens is 276 g/mol. The normalized spacial score (nSPS) is 20.3. The minimum Gasteiger partial charge on any atom is -0.395 e. The third-order valence-electron chi connectivity index (χ3n) is 5.13. The molecule has 120 valence electrons. The van der Waals surface area contributed by atoms with Crippen LogP contribution in [0.25, 0.3) is 0 Å². The summed E-state index contributed by atoms with van der Waals surface area (Å²) in [6.45, 7) is 1.16. The number of aryl methyl sites for hydroxylation is 1. The maximum Gasteiger partial charge on any atom is 0.317 e. The Morgan fingerprint density at radius 1 is 1.27 bits per heavy atom. The van der Waals surface area contributed by atoms with Gasteiger partial charge in [0.1, 0.15) is 0 Å². The SMILES string of the molecule is O=C(NCCC1CCC1)N(CCO)C1CCc2ccccc21. The summed E-state index contributed by atoms with van der Waals surface area (Å²) in [5.41, 5.74) is 2.57. The Hall–Kier alpha value is -1.55. The van der Waals surface area contributed by atoms with Gasteiger partial charge in [-0.15, -0.1) is 0 Å². The van der Waals surface area contributed by atoms with E-state index in [1.54, 1.807) is 0 Å². The number of nitrogens with zero attached hydrogens (tertiary/aromatic N) is 1. The number of carbonyl (C=O) groups excluding carboxylic acids is 1. The monoisotopic (exact) mass is 302 g/mol. The zero-order valence-electron chi connectivity index (χ0n) is 13.1. The Morgan fingerprint density at radius 3 is 2.82 bits per heavy atom. The number of hydrogen-bond donors (Lipinski definition) is 2. The van der Waals surface area contributed by atoms with E-state index in [9.17, 15) is 9.90 Å². The molecule has 0 aliphatic heterocycles. The molecule has 1 aromatic rings.